The molecule has 0 aliphatic carbocycles. The number of aryl methyl sites for hydroxylation is 1. The summed E-state index contributed by atoms with van der Waals surface area (Å²) in [6, 6.07) is 3.70. The summed E-state index contributed by atoms with van der Waals surface area (Å²) < 4.78 is 58.2. The molecule has 1 aromatic carbocycles. The fourth-order valence-corrected chi connectivity index (χ4v) is 5.44. The Hall–Kier alpha value is -0.883. The minimum absolute atomic E-state index is 0.107. The molecule has 0 saturated carbocycles. The maximum Gasteiger partial charge on any atom is 0.197 e. The molecular formula is C15H22F4OSi. The third-order valence-corrected chi connectivity index (χ3v) is 8.94. The molecule has 0 unspecified atom stereocenters. The average molecular weight is 322 g/mol. The molecule has 0 bridgehead atoms. The van der Waals surface area contributed by atoms with E-state index in [4.69, 9.17) is 4.43 Å². The zero-order chi connectivity index (χ0) is 16.0. The summed E-state index contributed by atoms with van der Waals surface area (Å²) in [6.45, 7) is 4.20. The SMILES string of the molecule is CC[Si](CC)(CCCCc1cc(F)c(F)c(F)c1F)OC. The van der Waals surface area contributed by atoms with Gasteiger partial charge in [0.05, 0.1) is 0 Å². The van der Waals surface area contributed by atoms with Crippen molar-refractivity contribution in [2.75, 3.05) is 7.11 Å². The first-order valence-electron chi connectivity index (χ1n) is 7.27. The third-order valence-electron chi connectivity index (χ3n) is 4.23. The van der Waals surface area contributed by atoms with Crippen LogP contribution in [0.15, 0.2) is 6.07 Å². The summed E-state index contributed by atoms with van der Waals surface area (Å²) in [7, 11) is 0.0240. The van der Waals surface area contributed by atoms with Crippen molar-refractivity contribution in [3.63, 3.8) is 0 Å². The van der Waals surface area contributed by atoms with E-state index in [1.807, 2.05) is 0 Å². The van der Waals surface area contributed by atoms with Gasteiger partial charge in [0.1, 0.15) is 0 Å². The summed E-state index contributed by atoms with van der Waals surface area (Å²) in [5.74, 6) is -6.10. The summed E-state index contributed by atoms with van der Waals surface area (Å²) >= 11 is 0. The van der Waals surface area contributed by atoms with Gasteiger partial charge in [-0.05, 0) is 42.6 Å². The van der Waals surface area contributed by atoms with Gasteiger partial charge in [0.25, 0.3) is 0 Å². The molecule has 0 radical (unpaired) electrons. The van der Waals surface area contributed by atoms with Gasteiger partial charge in [0, 0.05) is 7.11 Å². The lowest BCUT2D eigenvalue weighted by Gasteiger charge is -2.27. The van der Waals surface area contributed by atoms with E-state index in [0.29, 0.717) is 6.42 Å². The Morgan fingerprint density at radius 2 is 1.57 bits per heavy atom. The lowest BCUT2D eigenvalue weighted by atomic mass is 10.1. The van der Waals surface area contributed by atoms with Crippen LogP contribution in [0, 0.1) is 23.3 Å². The standard InChI is InChI=1S/C15H22F4OSi/c1-4-21(5-2,20-3)9-7-6-8-11-10-12(16)14(18)15(19)13(11)17/h10H,4-9H2,1-3H3. The van der Waals surface area contributed by atoms with Crippen molar-refractivity contribution in [3.05, 3.63) is 34.9 Å². The van der Waals surface area contributed by atoms with Gasteiger partial charge in [-0.25, -0.2) is 17.6 Å². The second-order valence-electron chi connectivity index (χ2n) is 5.26. The molecule has 120 valence electrons. The number of unbranched alkanes of at least 4 members (excludes halogenated alkanes) is 1. The van der Waals surface area contributed by atoms with Crippen molar-refractivity contribution in [1.29, 1.82) is 0 Å². The molecule has 0 aromatic heterocycles. The molecular weight excluding hydrogens is 300 g/mol. The zero-order valence-electron chi connectivity index (χ0n) is 12.7. The highest BCUT2D eigenvalue weighted by atomic mass is 28.4. The molecule has 0 fully saturated rings. The predicted octanol–water partition coefficient (Wildman–Crippen LogP) is 5.20. The smallest absolute Gasteiger partial charge is 0.197 e. The molecule has 0 saturated heterocycles. The van der Waals surface area contributed by atoms with E-state index >= 15 is 0 Å². The first-order chi connectivity index (χ1) is 9.90. The minimum Gasteiger partial charge on any atom is -0.420 e. The van der Waals surface area contributed by atoms with Gasteiger partial charge in [0.2, 0.25) is 0 Å². The van der Waals surface area contributed by atoms with Crippen LogP contribution in [0.25, 0.3) is 0 Å². The molecule has 1 rings (SSSR count). The number of hydrogen-bond acceptors (Lipinski definition) is 1. The summed E-state index contributed by atoms with van der Waals surface area (Å²) in [5, 5.41) is 0. The van der Waals surface area contributed by atoms with Crippen molar-refractivity contribution in [2.45, 2.75) is 51.2 Å². The Morgan fingerprint density at radius 1 is 0.952 bits per heavy atom. The van der Waals surface area contributed by atoms with Crippen molar-refractivity contribution in [3.8, 4) is 0 Å². The van der Waals surface area contributed by atoms with E-state index in [2.05, 4.69) is 13.8 Å². The molecule has 0 atom stereocenters. The van der Waals surface area contributed by atoms with Crippen LogP contribution >= 0.6 is 0 Å². The predicted molar refractivity (Wildman–Crippen MR) is 77.7 cm³/mol. The third kappa shape index (κ3) is 4.29. The second kappa shape index (κ2) is 7.94. The average Bonchev–Trinajstić information content (AvgIpc) is 2.51. The van der Waals surface area contributed by atoms with Gasteiger partial charge < -0.3 is 4.43 Å². The molecule has 0 aliphatic rings. The lowest BCUT2D eigenvalue weighted by molar-refractivity contribution is 0.388. The van der Waals surface area contributed by atoms with Crippen LogP contribution in [0.1, 0.15) is 32.3 Å². The van der Waals surface area contributed by atoms with Gasteiger partial charge in [-0.15, -0.1) is 0 Å². The molecule has 0 aliphatic heterocycles. The first-order valence-corrected chi connectivity index (χ1v) is 9.80. The Morgan fingerprint density at radius 3 is 2.10 bits per heavy atom. The van der Waals surface area contributed by atoms with E-state index in [1.165, 1.54) is 0 Å². The molecule has 0 amide bonds. The van der Waals surface area contributed by atoms with Crippen LogP contribution in [0.3, 0.4) is 0 Å². The van der Waals surface area contributed by atoms with E-state index in [-0.39, 0.29) is 12.0 Å². The molecule has 1 nitrogen and oxygen atoms in total. The highest BCUT2D eigenvalue weighted by molar-refractivity contribution is 6.73. The van der Waals surface area contributed by atoms with E-state index in [1.54, 1.807) is 7.11 Å². The number of rotatable bonds is 8. The molecule has 21 heavy (non-hydrogen) atoms. The molecule has 6 heteroatoms. The largest absolute Gasteiger partial charge is 0.420 e. The van der Waals surface area contributed by atoms with Crippen LogP contribution in [0.2, 0.25) is 18.1 Å². The summed E-state index contributed by atoms with van der Waals surface area (Å²) in [4.78, 5) is 0. The van der Waals surface area contributed by atoms with Gasteiger partial charge in [-0.1, -0.05) is 20.3 Å². The topological polar surface area (TPSA) is 9.23 Å². The van der Waals surface area contributed by atoms with Crippen molar-refractivity contribution in [1.82, 2.24) is 0 Å². The van der Waals surface area contributed by atoms with E-state index < -0.39 is 31.6 Å². The molecule has 0 spiro atoms. The van der Waals surface area contributed by atoms with Crippen LogP contribution in [0.4, 0.5) is 17.6 Å². The van der Waals surface area contributed by atoms with Gasteiger partial charge in [0.15, 0.2) is 31.6 Å². The second-order valence-corrected chi connectivity index (χ2v) is 9.95. The Bertz CT molecular complexity index is 467. The van der Waals surface area contributed by atoms with Crippen LogP contribution < -0.4 is 0 Å². The Kier molecular flexibility index (Phi) is 6.87. The minimum atomic E-state index is -1.75. The zero-order valence-corrected chi connectivity index (χ0v) is 13.7. The Balaban J connectivity index is 2.61. The van der Waals surface area contributed by atoms with Crippen molar-refractivity contribution >= 4 is 8.32 Å². The van der Waals surface area contributed by atoms with Crippen LogP contribution in [0.5, 0.6) is 0 Å². The normalized spacial score (nSPS) is 12.0. The summed E-state index contributed by atoms with van der Waals surface area (Å²) in [6.07, 6.45) is 1.60. The first kappa shape index (κ1) is 18.2. The van der Waals surface area contributed by atoms with Crippen molar-refractivity contribution in [2.24, 2.45) is 0 Å². The highest BCUT2D eigenvalue weighted by Gasteiger charge is 2.28. The van der Waals surface area contributed by atoms with Gasteiger partial charge in [-0.3, -0.25) is 0 Å². The fourth-order valence-electron chi connectivity index (χ4n) is 2.56. The quantitative estimate of drug-likeness (QED) is 0.210. The van der Waals surface area contributed by atoms with Gasteiger partial charge >= 0.3 is 0 Å². The van der Waals surface area contributed by atoms with Crippen LogP contribution in [-0.2, 0) is 10.8 Å². The van der Waals surface area contributed by atoms with Crippen molar-refractivity contribution < 1.29 is 22.0 Å². The number of benzene rings is 1. The number of halogens is 4. The monoisotopic (exact) mass is 322 g/mol. The summed E-state index contributed by atoms with van der Waals surface area (Å²) in [5.41, 5.74) is -0.107. The molecule has 0 heterocycles. The Labute approximate surface area is 124 Å². The van der Waals surface area contributed by atoms with E-state index in [0.717, 1.165) is 30.6 Å². The fraction of sp³-hybridized carbons (Fsp3) is 0.600. The maximum absolute atomic E-state index is 13.5. The number of hydrogen-bond donors (Lipinski definition) is 0. The van der Waals surface area contributed by atoms with Crippen LogP contribution in [-0.4, -0.2) is 15.4 Å². The van der Waals surface area contributed by atoms with E-state index in [9.17, 15) is 17.6 Å². The molecule has 1 aromatic rings. The lowest BCUT2D eigenvalue weighted by Crippen LogP contribution is -2.35. The van der Waals surface area contributed by atoms with Gasteiger partial charge in [-0.2, -0.15) is 0 Å². The highest BCUT2D eigenvalue weighted by Crippen LogP contribution is 2.25. The maximum atomic E-state index is 13.5. The molecule has 0 N–H and O–H groups in total.